The van der Waals surface area contributed by atoms with Crippen molar-refractivity contribution in [2.24, 2.45) is 0 Å². The number of carbonyl (C=O) groups is 2. The van der Waals surface area contributed by atoms with Crippen LogP contribution in [0.15, 0.2) is 42.7 Å². The number of nitrogens with zero attached hydrogens (tertiary/aromatic N) is 2. The van der Waals surface area contributed by atoms with E-state index in [1.807, 2.05) is 13.8 Å². The van der Waals surface area contributed by atoms with Gasteiger partial charge in [0.15, 0.2) is 0 Å². The number of nitrogens with one attached hydrogen (secondary N) is 1. The lowest BCUT2D eigenvalue weighted by atomic mass is 10.0. The van der Waals surface area contributed by atoms with Crippen LogP contribution in [-0.4, -0.2) is 47.7 Å². The van der Waals surface area contributed by atoms with Gasteiger partial charge in [0.1, 0.15) is 28.4 Å². The lowest BCUT2D eigenvalue weighted by Crippen LogP contribution is -2.34. The number of hydrogen-bond donors (Lipinski definition) is 1. The van der Waals surface area contributed by atoms with E-state index in [1.54, 1.807) is 12.1 Å². The van der Waals surface area contributed by atoms with Crippen molar-refractivity contribution in [3.8, 4) is 34.4 Å². The number of benzene rings is 1. The maximum atomic E-state index is 15.2. The monoisotopic (exact) mass is 529 g/mol. The van der Waals surface area contributed by atoms with Crippen LogP contribution in [0.25, 0.3) is 11.1 Å². The fourth-order valence-corrected chi connectivity index (χ4v) is 3.97. The van der Waals surface area contributed by atoms with Crippen molar-refractivity contribution in [2.75, 3.05) is 13.7 Å². The van der Waals surface area contributed by atoms with Crippen molar-refractivity contribution >= 4 is 23.5 Å². The van der Waals surface area contributed by atoms with Crippen LogP contribution in [0.1, 0.15) is 37.0 Å². The van der Waals surface area contributed by atoms with Crippen LogP contribution >= 0.6 is 11.6 Å². The fraction of sp³-hybridized carbons (Fsp3) is 0.308. The van der Waals surface area contributed by atoms with Crippen LogP contribution in [0, 0.1) is 5.82 Å². The Morgan fingerprint density at radius 2 is 1.97 bits per heavy atom. The molecule has 0 radical (unpaired) electrons. The molecular formula is C26H25ClFN3O6. The van der Waals surface area contributed by atoms with E-state index in [0.717, 1.165) is 12.5 Å². The largest absolute Gasteiger partial charge is 0.481 e. The maximum Gasteiger partial charge on any atom is 0.348 e. The molecule has 1 saturated heterocycles. The molecule has 11 heteroatoms. The molecule has 1 aliphatic heterocycles. The maximum absolute atomic E-state index is 15.2. The molecule has 0 amide bonds. The van der Waals surface area contributed by atoms with E-state index in [-0.39, 0.29) is 39.9 Å². The summed E-state index contributed by atoms with van der Waals surface area (Å²) in [5, 5.41) is 3.14. The van der Waals surface area contributed by atoms with Gasteiger partial charge in [0.25, 0.3) is 0 Å². The average Bonchev–Trinajstić information content (AvgIpc) is 3.41. The first-order valence-corrected chi connectivity index (χ1v) is 12.0. The quantitative estimate of drug-likeness (QED) is 0.320. The van der Waals surface area contributed by atoms with Crippen molar-refractivity contribution in [3.05, 3.63) is 59.1 Å². The third kappa shape index (κ3) is 6.15. The van der Waals surface area contributed by atoms with Crippen LogP contribution in [0.5, 0.6) is 23.3 Å². The number of pyridine rings is 2. The number of esters is 2. The first-order valence-electron chi connectivity index (χ1n) is 11.6. The number of hydrogen-bond acceptors (Lipinski definition) is 9. The van der Waals surface area contributed by atoms with Crippen molar-refractivity contribution in [2.45, 2.75) is 38.8 Å². The van der Waals surface area contributed by atoms with Crippen LogP contribution < -0.4 is 19.5 Å². The number of aromatic nitrogens is 2. The summed E-state index contributed by atoms with van der Waals surface area (Å²) in [6.07, 6.45) is 4.08. The third-order valence-electron chi connectivity index (χ3n) is 5.44. The second kappa shape index (κ2) is 11.5. The summed E-state index contributed by atoms with van der Waals surface area (Å²) >= 11 is 6.27. The van der Waals surface area contributed by atoms with Gasteiger partial charge in [-0.25, -0.2) is 23.9 Å². The van der Waals surface area contributed by atoms with Crippen LogP contribution in [0.2, 0.25) is 5.02 Å². The minimum atomic E-state index is -1.12. The number of rotatable bonds is 8. The van der Waals surface area contributed by atoms with Crippen molar-refractivity contribution in [1.82, 2.24) is 15.3 Å². The van der Waals surface area contributed by atoms with E-state index in [9.17, 15) is 9.59 Å². The van der Waals surface area contributed by atoms with Gasteiger partial charge in [-0.15, -0.1) is 0 Å². The highest BCUT2D eigenvalue weighted by atomic mass is 35.5. The predicted molar refractivity (Wildman–Crippen MR) is 133 cm³/mol. The zero-order valence-electron chi connectivity index (χ0n) is 20.4. The summed E-state index contributed by atoms with van der Waals surface area (Å²) < 4.78 is 37.0. The Morgan fingerprint density at radius 1 is 1.16 bits per heavy atom. The van der Waals surface area contributed by atoms with Crippen molar-refractivity contribution < 1.29 is 32.9 Å². The molecule has 0 bridgehead atoms. The van der Waals surface area contributed by atoms with Gasteiger partial charge in [0.2, 0.25) is 11.8 Å². The predicted octanol–water partition coefficient (Wildman–Crippen LogP) is 4.96. The molecule has 2 aromatic heterocycles. The van der Waals surface area contributed by atoms with Gasteiger partial charge in [-0.2, -0.15) is 0 Å². The summed E-state index contributed by atoms with van der Waals surface area (Å²) in [5.41, 5.74) is 0.233. The lowest BCUT2D eigenvalue weighted by Gasteiger charge is -2.16. The zero-order valence-corrected chi connectivity index (χ0v) is 21.2. The Hall–Kier alpha value is -3.76. The first kappa shape index (κ1) is 26.3. The van der Waals surface area contributed by atoms with Gasteiger partial charge in [-0.05, 0) is 51.4 Å². The highest BCUT2D eigenvalue weighted by Crippen LogP contribution is 2.40. The number of ether oxygens (including phenoxy) is 4. The summed E-state index contributed by atoms with van der Waals surface area (Å²) in [4.78, 5) is 33.4. The van der Waals surface area contributed by atoms with E-state index in [0.29, 0.717) is 18.5 Å². The van der Waals surface area contributed by atoms with E-state index < -0.39 is 29.4 Å². The van der Waals surface area contributed by atoms with E-state index in [2.05, 4.69) is 15.3 Å². The topological polar surface area (TPSA) is 109 Å². The van der Waals surface area contributed by atoms with Crippen molar-refractivity contribution in [1.29, 1.82) is 0 Å². The molecule has 37 heavy (non-hydrogen) atoms. The summed E-state index contributed by atoms with van der Waals surface area (Å²) in [5.74, 6) is -2.16. The summed E-state index contributed by atoms with van der Waals surface area (Å²) in [7, 11) is 1.43. The Bertz CT molecular complexity index is 1310. The number of methoxy groups -OCH3 is 1. The van der Waals surface area contributed by atoms with Gasteiger partial charge in [-0.3, -0.25) is 0 Å². The molecule has 1 N–H and O–H groups in total. The molecule has 1 unspecified atom stereocenters. The van der Waals surface area contributed by atoms with Crippen LogP contribution in [0.3, 0.4) is 0 Å². The molecule has 194 valence electrons. The molecule has 3 aromatic rings. The Labute approximate surface area is 217 Å². The second-order valence-electron chi connectivity index (χ2n) is 8.47. The molecule has 3 heterocycles. The molecule has 0 spiro atoms. The molecule has 0 saturated carbocycles. The SMILES string of the molecule is COc1ncccc1-c1cc(C(=O)OC(=O)C2CCCN2)c(F)cc1Oc1cnc(OC(C)C)c(Cl)c1. The smallest absolute Gasteiger partial charge is 0.348 e. The van der Waals surface area contributed by atoms with Crippen LogP contribution in [0.4, 0.5) is 4.39 Å². The zero-order chi connectivity index (χ0) is 26.5. The molecule has 1 fully saturated rings. The lowest BCUT2D eigenvalue weighted by molar-refractivity contribution is -0.139. The van der Waals surface area contributed by atoms with E-state index in [4.69, 9.17) is 30.5 Å². The Kier molecular flexibility index (Phi) is 8.20. The second-order valence-corrected chi connectivity index (χ2v) is 8.88. The minimum Gasteiger partial charge on any atom is -0.481 e. The highest BCUT2D eigenvalue weighted by Gasteiger charge is 2.28. The average molecular weight is 530 g/mol. The summed E-state index contributed by atoms with van der Waals surface area (Å²) in [6, 6.07) is 6.43. The standard InChI is InChI=1S/C26H25ClFN3O6/c1-14(2)35-24-19(27)10-15(13-31-24)36-22-12-20(28)18(25(32)37-26(33)21-7-5-8-29-21)11-17(22)16-6-4-9-30-23(16)34-3/h4,6,9-14,21,29H,5,7-8H2,1-3H3. The normalized spacial score (nSPS) is 14.9. The molecule has 0 aliphatic carbocycles. The number of carbonyl (C=O) groups excluding carboxylic acids is 2. The Morgan fingerprint density at radius 3 is 2.65 bits per heavy atom. The molecule has 1 atom stereocenters. The third-order valence-corrected chi connectivity index (χ3v) is 5.71. The van der Waals surface area contributed by atoms with Gasteiger partial charge >= 0.3 is 11.9 Å². The van der Waals surface area contributed by atoms with Gasteiger partial charge in [0.05, 0.1) is 25.0 Å². The minimum absolute atomic E-state index is 0.0273. The van der Waals surface area contributed by atoms with Gasteiger partial charge in [0, 0.05) is 29.5 Å². The molecule has 9 nitrogen and oxygen atoms in total. The van der Waals surface area contributed by atoms with E-state index >= 15 is 4.39 Å². The van der Waals surface area contributed by atoms with Crippen LogP contribution in [-0.2, 0) is 9.53 Å². The van der Waals surface area contributed by atoms with Gasteiger partial charge < -0.3 is 24.3 Å². The molecular weight excluding hydrogens is 505 g/mol. The highest BCUT2D eigenvalue weighted by molar-refractivity contribution is 6.31. The fourth-order valence-electron chi connectivity index (χ4n) is 3.77. The number of halogens is 2. The van der Waals surface area contributed by atoms with Gasteiger partial charge in [-0.1, -0.05) is 11.6 Å². The Balaban J connectivity index is 1.72. The van der Waals surface area contributed by atoms with Crippen molar-refractivity contribution in [3.63, 3.8) is 0 Å². The first-order chi connectivity index (χ1) is 17.8. The molecule has 1 aliphatic rings. The molecule has 4 rings (SSSR count). The summed E-state index contributed by atoms with van der Waals surface area (Å²) in [6.45, 7) is 4.31. The van der Waals surface area contributed by atoms with E-state index in [1.165, 1.54) is 31.6 Å². The molecule has 1 aromatic carbocycles.